The highest BCUT2D eigenvalue weighted by Gasteiger charge is 2.41. The summed E-state index contributed by atoms with van der Waals surface area (Å²) >= 11 is 0. The zero-order valence-electron chi connectivity index (χ0n) is 16.1. The Bertz CT molecular complexity index is 682. The topological polar surface area (TPSA) is 73.0 Å². The number of hydrogen-bond donors (Lipinski definition) is 1. The summed E-state index contributed by atoms with van der Waals surface area (Å²) in [6, 6.07) is 8.93. The molecule has 0 atom stereocenters. The number of hydrogen-bond acceptors (Lipinski definition) is 3. The molecule has 5 amide bonds. The number of anilines is 1. The molecule has 0 bridgehead atoms. The number of imide groups is 1. The Morgan fingerprint density at radius 3 is 2.33 bits per heavy atom. The van der Waals surface area contributed by atoms with E-state index in [1.165, 1.54) is 4.90 Å². The van der Waals surface area contributed by atoms with E-state index >= 15 is 0 Å². The minimum atomic E-state index is -0.258. The zero-order valence-corrected chi connectivity index (χ0v) is 16.1. The van der Waals surface area contributed by atoms with Gasteiger partial charge in [-0.05, 0) is 37.8 Å². The number of rotatable bonds is 5. The molecule has 2 aliphatic rings. The molecule has 1 aromatic rings. The van der Waals surface area contributed by atoms with Crippen molar-refractivity contribution in [1.82, 2.24) is 15.1 Å². The molecule has 0 unspecified atom stereocenters. The maximum atomic E-state index is 12.8. The second kappa shape index (κ2) is 8.41. The predicted molar refractivity (Wildman–Crippen MR) is 104 cm³/mol. The monoisotopic (exact) mass is 372 g/mol. The molecule has 7 nitrogen and oxygen atoms in total. The molecule has 3 rings (SSSR count). The van der Waals surface area contributed by atoms with Crippen LogP contribution in [0.3, 0.4) is 0 Å². The Morgan fingerprint density at radius 2 is 1.74 bits per heavy atom. The minimum absolute atomic E-state index is 0.00707. The molecule has 0 spiro atoms. The van der Waals surface area contributed by atoms with Crippen molar-refractivity contribution < 1.29 is 14.4 Å². The summed E-state index contributed by atoms with van der Waals surface area (Å²) in [5.41, 5.74) is 0.608. The van der Waals surface area contributed by atoms with Crippen molar-refractivity contribution in [1.29, 1.82) is 0 Å². The summed E-state index contributed by atoms with van der Waals surface area (Å²) in [5.74, 6) is -0.194. The molecule has 1 aromatic carbocycles. The van der Waals surface area contributed by atoms with E-state index in [2.05, 4.69) is 19.2 Å². The van der Waals surface area contributed by atoms with Gasteiger partial charge in [0.1, 0.15) is 6.54 Å². The first-order valence-corrected chi connectivity index (χ1v) is 9.79. The van der Waals surface area contributed by atoms with Gasteiger partial charge in [0.05, 0.1) is 5.69 Å². The fourth-order valence-corrected chi connectivity index (χ4v) is 3.78. The average Bonchev–Trinajstić information content (AvgIpc) is 3.00. The number of likely N-dealkylation sites (tertiary alicyclic amines) is 1. The molecule has 2 saturated heterocycles. The van der Waals surface area contributed by atoms with Gasteiger partial charge in [0.15, 0.2) is 0 Å². The van der Waals surface area contributed by atoms with Crippen molar-refractivity contribution in [2.45, 2.75) is 51.6 Å². The maximum Gasteiger partial charge on any atom is 0.332 e. The smallest absolute Gasteiger partial charge is 0.332 e. The minimum Gasteiger partial charge on any atom is -0.335 e. The van der Waals surface area contributed by atoms with Gasteiger partial charge in [-0.25, -0.2) is 14.5 Å². The van der Waals surface area contributed by atoms with Gasteiger partial charge in [0.2, 0.25) is 0 Å². The molecule has 27 heavy (non-hydrogen) atoms. The Balaban J connectivity index is 1.58. The SMILES string of the molecule is CCC(CC)NC(=O)N1CCC(N2CC(=O)N(c3ccccc3)C2=O)CC1. The standard InChI is InChI=1S/C20H28N4O3/c1-3-15(4-2)21-19(26)22-12-10-16(11-13-22)23-14-18(25)24(20(23)27)17-8-6-5-7-9-17/h5-9,15-16H,3-4,10-14H2,1-2H3,(H,21,26). The van der Waals surface area contributed by atoms with E-state index in [9.17, 15) is 14.4 Å². The second-order valence-electron chi connectivity index (χ2n) is 7.16. The molecule has 7 heteroatoms. The molecule has 0 saturated carbocycles. The van der Waals surface area contributed by atoms with Crippen LogP contribution < -0.4 is 10.2 Å². The number of nitrogens with zero attached hydrogens (tertiary/aromatic N) is 3. The molecule has 2 heterocycles. The summed E-state index contributed by atoms with van der Waals surface area (Å²) in [6.07, 6.45) is 3.22. The molecule has 146 valence electrons. The number of carbonyl (C=O) groups excluding carboxylic acids is 3. The third kappa shape index (κ3) is 4.07. The summed E-state index contributed by atoms with van der Waals surface area (Å²) in [7, 11) is 0. The number of urea groups is 2. The van der Waals surface area contributed by atoms with Crippen molar-refractivity contribution in [3.8, 4) is 0 Å². The Kier molecular flexibility index (Phi) is 5.98. The number of para-hydroxylation sites is 1. The first kappa shape index (κ1) is 19.2. The van der Waals surface area contributed by atoms with Crippen LogP contribution in [0.1, 0.15) is 39.5 Å². The molecule has 0 radical (unpaired) electrons. The van der Waals surface area contributed by atoms with Gasteiger partial charge in [-0.2, -0.15) is 0 Å². The predicted octanol–water partition coefficient (Wildman–Crippen LogP) is 2.82. The Morgan fingerprint density at radius 1 is 1.11 bits per heavy atom. The maximum absolute atomic E-state index is 12.8. The Labute approximate surface area is 160 Å². The van der Waals surface area contributed by atoms with E-state index in [1.54, 1.807) is 17.0 Å². The van der Waals surface area contributed by atoms with Crippen LogP contribution in [-0.2, 0) is 4.79 Å². The van der Waals surface area contributed by atoms with Crippen LogP contribution in [-0.4, -0.2) is 59.5 Å². The van der Waals surface area contributed by atoms with Crippen LogP contribution in [0.15, 0.2) is 30.3 Å². The van der Waals surface area contributed by atoms with Crippen LogP contribution in [0.2, 0.25) is 0 Å². The zero-order chi connectivity index (χ0) is 19.4. The van der Waals surface area contributed by atoms with Crippen molar-refractivity contribution in [2.24, 2.45) is 0 Å². The summed E-state index contributed by atoms with van der Waals surface area (Å²) in [6.45, 7) is 5.43. The number of nitrogens with one attached hydrogen (secondary N) is 1. The highest BCUT2D eigenvalue weighted by Crippen LogP contribution is 2.26. The third-order valence-corrected chi connectivity index (χ3v) is 5.51. The van der Waals surface area contributed by atoms with Crippen LogP contribution >= 0.6 is 0 Å². The van der Waals surface area contributed by atoms with Crippen molar-refractivity contribution in [2.75, 3.05) is 24.5 Å². The van der Waals surface area contributed by atoms with Gasteiger partial charge < -0.3 is 15.1 Å². The van der Waals surface area contributed by atoms with Crippen LogP contribution in [0, 0.1) is 0 Å². The van der Waals surface area contributed by atoms with Crippen molar-refractivity contribution in [3.63, 3.8) is 0 Å². The number of piperidine rings is 1. The number of amides is 5. The lowest BCUT2D eigenvalue weighted by Crippen LogP contribution is -2.51. The normalized spacial score (nSPS) is 18.6. The van der Waals surface area contributed by atoms with Gasteiger partial charge in [-0.1, -0.05) is 32.0 Å². The van der Waals surface area contributed by atoms with Crippen molar-refractivity contribution in [3.05, 3.63) is 30.3 Å². The van der Waals surface area contributed by atoms with E-state index in [4.69, 9.17) is 0 Å². The first-order chi connectivity index (χ1) is 13.0. The lowest BCUT2D eigenvalue weighted by molar-refractivity contribution is -0.116. The molecule has 1 N–H and O–H groups in total. The van der Waals surface area contributed by atoms with E-state index < -0.39 is 0 Å². The second-order valence-corrected chi connectivity index (χ2v) is 7.16. The molecule has 2 aliphatic heterocycles. The molecular weight excluding hydrogens is 344 g/mol. The van der Waals surface area contributed by atoms with Crippen molar-refractivity contribution >= 4 is 23.7 Å². The van der Waals surface area contributed by atoms with Crippen LogP contribution in [0.5, 0.6) is 0 Å². The average molecular weight is 372 g/mol. The molecule has 0 aromatic heterocycles. The quantitative estimate of drug-likeness (QED) is 0.808. The lowest BCUT2D eigenvalue weighted by atomic mass is 10.0. The van der Waals surface area contributed by atoms with E-state index in [1.807, 2.05) is 23.1 Å². The fraction of sp³-hybridized carbons (Fsp3) is 0.550. The molecular formula is C20H28N4O3. The van der Waals surface area contributed by atoms with Gasteiger partial charge in [0.25, 0.3) is 5.91 Å². The highest BCUT2D eigenvalue weighted by molar-refractivity contribution is 6.19. The van der Waals surface area contributed by atoms with Gasteiger partial charge in [-0.15, -0.1) is 0 Å². The van der Waals surface area contributed by atoms with Gasteiger partial charge in [-0.3, -0.25) is 4.79 Å². The highest BCUT2D eigenvalue weighted by atomic mass is 16.2. The number of carbonyl (C=O) groups is 3. The largest absolute Gasteiger partial charge is 0.335 e. The summed E-state index contributed by atoms with van der Waals surface area (Å²) < 4.78 is 0. The summed E-state index contributed by atoms with van der Waals surface area (Å²) in [5, 5.41) is 3.06. The van der Waals surface area contributed by atoms with E-state index in [0.29, 0.717) is 31.6 Å². The van der Waals surface area contributed by atoms with E-state index in [-0.39, 0.29) is 36.6 Å². The van der Waals surface area contributed by atoms with Gasteiger partial charge in [0, 0.05) is 25.2 Å². The fourth-order valence-electron chi connectivity index (χ4n) is 3.78. The lowest BCUT2D eigenvalue weighted by Gasteiger charge is -2.36. The van der Waals surface area contributed by atoms with E-state index in [0.717, 1.165) is 12.8 Å². The van der Waals surface area contributed by atoms with Crippen LogP contribution in [0.25, 0.3) is 0 Å². The summed E-state index contributed by atoms with van der Waals surface area (Å²) in [4.78, 5) is 42.3. The number of benzene rings is 1. The van der Waals surface area contributed by atoms with Gasteiger partial charge >= 0.3 is 12.1 Å². The third-order valence-electron chi connectivity index (χ3n) is 5.51. The Hall–Kier alpha value is -2.57. The first-order valence-electron chi connectivity index (χ1n) is 9.79. The molecule has 2 fully saturated rings. The van der Waals surface area contributed by atoms with Crippen LogP contribution in [0.4, 0.5) is 15.3 Å². The molecule has 0 aliphatic carbocycles.